The van der Waals surface area contributed by atoms with Crippen LogP contribution in [0.3, 0.4) is 0 Å². The number of aliphatic hydroxyl groups excluding tert-OH is 1. The summed E-state index contributed by atoms with van der Waals surface area (Å²) in [7, 11) is 4.18. The highest BCUT2D eigenvalue weighted by Crippen LogP contribution is 2.41. The first kappa shape index (κ1) is 22.9. The first-order valence-corrected chi connectivity index (χ1v) is 12.1. The first-order chi connectivity index (χ1) is 16.3. The van der Waals surface area contributed by atoms with Crippen molar-refractivity contribution < 1.29 is 5.11 Å². The molecule has 0 saturated carbocycles. The molecule has 2 N–H and O–H groups in total. The molecule has 0 bridgehead atoms. The number of anilines is 4. The fourth-order valence-corrected chi connectivity index (χ4v) is 5.07. The van der Waals surface area contributed by atoms with Crippen LogP contribution in [0.4, 0.5) is 23.1 Å². The monoisotopic (exact) mass is 464 g/mol. The molecular formula is C25H36N8O. The van der Waals surface area contributed by atoms with Crippen LogP contribution in [0.5, 0.6) is 0 Å². The highest BCUT2D eigenvalue weighted by molar-refractivity contribution is 6.00. The molecule has 3 aliphatic rings. The Morgan fingerprint density at radius 3 is 2.59 bits per heavy atom. The van der Waals surface area contributed by atoms with Crippen molar-refractivity contribution in [2.24, 2.45) is 5.10 Å². The molecule has 3 aliphatic heterocycles. The van der Waals surface area contributed by atoms with E-state index in [1.165, 1.54) is 11.3 Å². The molecule has 1 aromatic carbocycles. The summed E-state index contributed by atoms with van der Waals surface area (Å²) >= 11 is 0. The second-order valence-corrected chi connectivity index (χ2v) is 10.3. The summed E-state index contributed by atoms with van der Waals surface area (Å²) in [6.07, 6.45) is 2.71. The molecular weight excluding hydrogens is 428 g/mol. The maximum absolute atomic E-state index is 10.2. The van der Waals surface area contributed by atoms with Crippen molar-refractivity contribution in [3.63, 3.8) is 0 Å². The van der Waals surface area contributed by atoms with Crippen molar-refractivity contribution in [1.29, 1.82) is 0 Å². The number of rotatable bonds is 4. The molecule has 1 saturated heterocycles. The predicted octanol–water partition coefficient (Wildman–Crippen LogP) is 2.39. The van der Waals surface area contributed by atoms with E-state index >= 15 is 0 Å². The standard InChI is InChI=1S/C25H36N8O/c1-17-12-19(6-7-21(17)32-10-8-30(4)9-11-32)27-24-26-14-20-23(28-24)33(15-25(20,3)16-34)22-13-18(2)31(5)29-22/h6-7,12,14,18,34H,8-11,13,15-16H2,1-5H3,(H,26,27,28)/t18?,25-/m0/s1. The Morgan fingerprint density at radius 1 is 1.18 bits per heavy atom. The van der Waals surface area contributed by atoms with E-state index in [0.717, 1.165) is 55.5 Å². The average molecular weight is 465 g/mol. The maximum Gasteiger partial charge on any atom is 0.229 e. The third-order valence-electron chi connectivity index (χ3n) is 7.53. The van der Waals surface area contributed by atoms with Gasteiger partial charge in [0, 0.05) is 74.7 Å². The molecule has 1 unspecified atom stereocenters. The summed E-state index contributed by atoms with van der Waals surface area (Å²) in [6.45, 7) is 11.4. The number of nitrogens with zero attached hydrogens (tertiary/aromatic N) is 7. The minimum atomic E-state index is -0.415. The van der Waals surface area contributed by atoms with Crippen molar-refractivity contribution in [3.05, 3.63) is 35.5 Å². The van der Waals surface area contributed by atoms with Gasteiger partial charge in [-0.1, -0.05) is 6.92 Å². The minimum Gasteiger partial charge on any atom is -0.395 e. The largest absolute Gasteiger partial charge is 0.395 e. The van der Waals surface area contributed by atoms with Gasteiger partial charge in [0.15, 0.2) is 0 Å². The minimum absolute atomic E-state index is 0.0399. The number of nitrogens with one attached hydrogen (secondary N) is 1. The number of piperazine rings is 1. The van der Waals surface area contributed by atoms with Crippen LogP contribution in [-0.4, -0.2) is 90.3 Å². The van der Waals surface area contributed by atoms with Gasteiger partial charge in [0.2, 0.25) is 5.95 Å². The van der Waals surface area contributed by atoms with Gasteiger partial charge in [0.1, 0.15) is 11.7 Å². The van der Waals surface area contributed by atoms with Crippen LogP contribution in [0.1, 0.15) is 31.4 Å². The molecule has 0 amide bonds. The zero-order valence-corrected chi connectivity index (χ0v) is 20.9. The lowest BCUT2D eigenvalue weighted by molar-refractivity contribution is 0.216. The van der Waals surface area contributed by atoms with Gasteiger partial charge in [-0.05, 0) is 44.7 Å². The van der Waals surface area contributed by atoms with E-state index in [1.54, 1.807) is 0 Å². The molecule has 5 rings (SSSR count). The van der Waals surface area contributed by atoms with Crippen LogP contribution in [0.15, 0.2) is 29.5 Å². The lowest BCUT2D eigenvalue weighted by Crippen LogP contribution is -2.44. The summed E-state index contributed by atoms with van der Waals surface area (Å²) in [6, 6.07) is 6.80. The molecule has 182 valence electrons. The zero-order valence-electron chi connectivity index (χ0n) is 20.9. The predicted molar refractivity (Wildman–Crippen MR) is 137 cm³/mol. The van der Waals surface area contributed by atoms with E-state index in [1.807, 2.05) is 18.3 Å². The highest BCUT2D eigenvalue weighted by Gasteiger charge is 2.43. The number of amidine groups is 1. The van der Waals surface area contributed by atoms with Crippen LogP contribution in [0, 0.1) is 6.92 Å². The fraction of sp³-hybridized carbons (Fsp3) is 0.560. The number of likely N-dealkylation sites (N-methyl/N-ethyl adjacent to an activating group) is 1. The number of hydrogen-bond acceptors (Lipinski definition) is 9. The molecule has 2 aromatic rings. The topological polar surface area (TPSA) is 83.4 Å². The van der Waals surface area contributed by atoms with Gasteiger partial charge in [-0.3, -0.25) is 5.01 Å². The third-order valence-corrected chi connectivity index (χ3v) is 7.53. The van der Waals surface area contributed by atoms with E-state index < -0.39 is 5.41 Å². The second-order valence-electron chi connectivity index (χ2n) is 10.3. The number of benzene rings is 1. The summed E-state index contributed by atoms with van der Waals surface area (Å²) in [5.74, 6) is 2.38. The fourth-order valence-electron chi connectivity index (χ4n) is 5.07. The summed E-state index contributed by atoms with van der Waals surface area (Å²) in [4.78, 5) is 16.5. The number of aromatic nitrogens is 2. The third kappa shape index (κ3) is 4.07. The molecule has 1 aromatic heterocycles. The number of aliphatic hydroxyl groups is 1. The molecule has 9 nitrogen and oxygen atoms in total. The van der Waals surface area contributed by atoms with Crippen LogP contribution >= 0.6 is 0 Å². The first-order valence-electron chi connectivity index (χ1n) is 12.1. The summed E-state index contributed by atoms with van der Waals surface area (Å²) < 4.78 is 0. The molecule has 0 radical (unpaired) electrons. The van der Waals surface area contributed by atoms with Crippen molar-refractivity contribution in [1.82, 2.24) is 19.9 Å². The molecule has 0 spiro atoms. The Hall–Kier alpha value is -2.91. The van der Waals surface area contributed by atoms with E-state index in [-0.39, 0.29) is 6.61 Å². The van der Waals surface area contributed by atoms with Crippen LogP contribution in [0.2, 0.25) is 0 Å². The number of fused-ring (bicyclic) bond motifs is 1. The lowest BCUT2D eigenvalue weighted by Gasteiger charge is -2.35. The smallest absolute Gasteiger partial charge is 0.229 e. The van der Waals surface area contributed by atoms with E-state index in [9.17, 15) is 5.11 Å². The summed E-state index contributed by atoms with van der Waals surface area (Å²) in [5, 5.41) is 20.3. The van der Waals surface area contributed by atoms with Gasteiger partial charge in [-0.15, -0.1) is 0 Å². The Balaban J connectivity index is 1.39. The number of aryl methyl sites for hydroxylation is 1. The Labute approximate surface area is 202 Å². The SMILES string of the molecule is Cc1cc(Nc2ncc3c(n2)N(C2=NN(C)C(C)C2)C[C@@]3(C)CO)ccc1N1CCN(C)CC1. The Kier molecular flexibility index (Phi) is 5.85. The number of hydrazone groups is 1. The summed E-state index contributed by atoms with van der Waals surface area (Å²) in [5.41, 5.74) is 4.04. The molecule has 4 heterocycles. The normalized spacial score (nSPS) is 25.1. The molecule has 2 atom stereocenters. The van der Waals surface area contributed by atoms with Crippen molar-refractivity contribution in [2.45, 2.75) is 38.6 Å². The van der Waals surface area contributed by atoms with Crippen molar-refractivity contribution in [2.75, 3.05) is 68.5 Å². The Bertz CT molecular complexity index is 1100. The van der Waals surface area contributed by atoms with E-state index in [4.69, 9.17) is 10.1 Å². The van der Waals surface area contributed by atoms with Crippen LogP contribution < -0.4 is 15.1 Å². The highest BCUT2D eigenvalue weighted by atomic mass is 16.3. The molecule has 34 heavy (non-hydrogen) atoms. The lowest BCUT2D eigenvalue weighted by atomic mass is 9.87. The van der Waals surface area contributed by atoms with Crippen molar-refractivity contribution >= 4 is 29.0 Å². The average Bonchev–Trinajstić information content (AvgIpc) is 3.31. The maximum atomic E-state index is 10.2. The zero-order chi connectivity index (χ0) is 24.0. The van der Waals surface area contributed by atoms with Gasteiger partial charge < -0.3 is 25.1 Å². The second kappa shape index (κ2) is 8.70. The van der Waals surface area contributed by atoms with Gasteiger partial charge in [-0.2, -0.15) is 10.1 Å². The van der Waals surface area contributed by atoms with Gasteiger partial charge in [-0.25, -0.2) is 4.98 Å². The van der Waals surface area contributed by atoms with Crippen LogP contribution in [-0.2, 0) is 5.41 Å². The van der Waals surface area contributed by atoms with Gasteiger partial charge in [0.25, 0.3) is 0 Å². The molecule has 0 aliphatic carbocycles. The Morgan fingerprint density at radius 2 is 1.94 bits per heavy atom. The van der Waals surface area contributed by atoms with Crippen LogP contribution in [0.25, 0.3) is 0 Å². The number of hydrogen-bond donors (Lipinski definition) is 2. The van der Waals surface area contributed by atoms with E-state index in [2.05, 4.69) is 71.0 Å². The molecule has 9 heteroatoms. The van der Waals surface area contributed by atoms with Gasteiger partial charge in [0.05, 0.1) is 12.6 Å². The van der Waals surface area contributed by atoms with Crippen molar-refractivity contribution in [3.8, 4) is 0 Å². The van der Waals surface area contributed by atoms with Gasteiger partial charge >= 0.3 is 0 Å². The molecule has 1 fully saturated rings. The van der Waals surface area contributed by atoms with E-state index in [0.29, 0.717) is 18.5 Å². The quantitative estimate of drug-likeness (QED) is 0.714.